The molecule has 1 unspecified atom stereocenters. The Hall–Kier alpha value is -2.68. The molecule has 1 amide bonds. The maximum atomic E-state index is 12.6. The van der Waals surface area contributed by atoms with E-state index in [-0.39, 0.29) is 29.3 Å². The van der Waals surface area contributed by atoms with Crippen LogP contribution in [0.25, 0.3) is 11.2 Å². The lowest BCUT2D eigenvalue weighted by molar-refractivity contribution is 0.0475. The van der Waals surface area contributed by atoms with Crippen molar-refractivity contribution in [2.75, 3.05) is 19.6 Å². The Morgan fingerprint density at radius 1 is 1.13 bits per heavy atom. The molecular formula is C21H29N5O4. The number of hydrogen-bond donors (Lipinski definition) is 1. The summed E-state index contributed by atoms with van der Waals surface area (Å²) < 4.78 is 8.73. The molecule has 0 saturated carbocycles. The minimum atomic E-state index is -0.507. The van der Waals surface area contributed by atoms with E-state index in [2.05, 4.69) is 15.2 Å². The Kier molecular flexibility index (Phi) is 5.40. The van der Waals surface area contributed by atoms with E-state index in [0.29, 0.717) is 17.7 Å². The van der Waals surface area contributed by atoms with Gasteiger partial charge in [-0.2, -0.15) is 0 Å². The largest absolute Gasteiger partial charge is 0.444 e. The minimum absolute atomic E-state index is 0.000153. The number of nitrogens with one attached hydrogen (secondary N) is 1. The first-order valence-corrected chi connectivity index (χ1v) is 10.5. The smallest absolute Gasteiger partial charge is 0.407 e. The molecule has 1 atom stereocenters. The molecule has 162 valence electrons. The highest BCUT2D eigenvalue weighted by Crippen LogP contribution is 2.24. The van der Waals surface area contributed by atoms with Crippen LogP contribution in [0.15, 0.2) is 27.9 Å². The number of piperidine rings is 1. The standard InChI is InChI=1S/C21H29N5O4/c1-21(2,3)30-20(29)23-14-6-9-24(10-7-14)13-15-8-11-25-18(28)12-22-16-4-5-17(27)26(15)19(16)25/h4-5,12,14-15H,6-11,13H2,1-3H3,(H,23,29). The van der Waals surface area contributed by atoms with Crippen molar-refractivity contribution < 1.29 is 9.53 Å². The molecule has 2 aromatic rings. The van der Waals surface area contributed by atoms with Crippen LogP contribution < -0.4 is 16.4 Å². The zero-order chi connectivity index (χ0) is 21.5. The van der Waals surface area contributed by atoms with Gasteiger partial charge < -0.3 is 15.0 Å². The molecule has 0 aromatic carbocycles. The molecule has 0 spiro atoms. The number of nitrogens with zero attached hydrogens (tertiary/aromatic N) is 4. The van der Waals surface area contributed by atoms with Crippen molar-refractivity contribution in [3.05, 3.63) is 39.0 Å². The number of ether oxygens (including phenoxy) is 1. The Bertz CT molecular complexity index is 1050. The monoisotopic (exact) mass is 415 g/mol. The van der Waals surface area contributed by atoms with Gasteiger partial charge in [0.2, 0.25) is 0 Å². The molecular weight excluding hydrogens is 386 g/mol. The highest BCUT2D eigenvalue weighted by atomic mass is 16.6. The zero-order valence-electron chi connectivity index (χ0n) is 17.8. The van der Waals surface area contributed by atoms with Crippen molar-refractivity contribution in [3.8, 4) is 0 Å². The molecule has 2 aromatic heterocycles. The Balaban J connectivity index is 1.43. The molecule has 1 saturated heterocycles. The number of rotatable bonds is 3. The van der Waals surface area contributed by atoms with Crippen molar-refractivity contribution in [1.29, 1.82) is 0 Å². The van der Waals surface area contributed by atoms with Gasteiger partial charge in [-0.25, -0.2) is 9.78 Å². The molecule has 4 heterocycles. The lowest BCUT2D eigenvalue weighted by atomic mass is 10.0. The Morgan fingerprint density at radius 3 is 2.57 bits per heavy atom. The van der Waals surface area contributed by atoms with Crippen LogP contribution in [-0.2, 0) is 11.3 Å². The number of aromatic nitrogens is 3. The number of pyridine rings is 1. The molecule has 2 aliphatic heterocycles. The van der Waals surface area contributed by atoms with Gasteiger partial charge in [0.15, 0.2) is 0 Å². The summed E-state index contributed by atoms with van der Waals surface area (Å²) in [6.07, 6.45) is 3.35. The molecule has 0 aliphatic carbocycles. The minimum Gasteiger partial charge on any atom is -0.444 e. The number of alkyl carbamates (subject to hydrolysis) is 1. The van der Waals surface area contributed by atoms with E-state index in [1.54, 1.807) is 15.2 Å². The van der Waals surface area contributed by atoms with Crippen LogP contribution in [0.1, 0.15) is 46.1 Å². The van der Waals surface area contributed by atoms with Gasteiger partial charge in [-0.1, -0.05) is 0 Å². The van der Waals surface area contributed by atoms with E-state index < -0.39 is 5.60 Å². The molecule has 1 N–H and O–H groups in total. The zero-order valence-corrected chi connectivity index (χ0v) is 17.8. The van der Waals surface area contributed by atoms with E-state index in [1.807, 2.05) is 20.8 Å². The summed E-state index contributed by atoms with van der Waals surface area (Å²) in [4.78, 5) is 43.4. The quantitative estimate of drug-likeness (QED) is 0.816. The fraction of sp³-hybridized carbons (Fsp3) is 0.619. The third-order valence-corrected chi connectivity index (χ3v) is 5.74. The summed E-state index contributed by atoms with van der Waals surface area (Å²) in [5.41, 5.74) is 0.503. The molecule has 1 fully saturated rings. The predicted octanol–water partition coefficient (Wildman–Crippen LogP) is 1.49. The number of carbonyl (C=O) groups is 1. The molecule has 4 rings (SSSR count). The fourth-order valence-electron chi connectivity index (χ4n) is 4.38. The number of amides is 1. The second kappa shape index (κ2) is 7.86. The Labute approximate surface area is 174 Å². The van der Waals surface area contributed by atoms with E-state index in [1.165, 1.54) is 12.3 Å². The number of likely N-dealkylation sites (tertiary alicyclic amines) is 1. The SMILES string of the molecule is CC(C)(C)OC(=O)NC1CCN(CC2CCn3c(=O)cnc4ccc(=O)n2c43)CC1. The first-order chi connectivity index (χ1) is 14.2. The third kappa shape index (κ3) is 4.26. The molecule has 30 heavy (non-hydrogen) atoms. The highest BCUT2D eigenvalue weighted by Gasteiger charge is 2.28. The van der Waals surface area contributed by atoms with E-state index >= 15 is 0 Å². The number of hydrogen-bond acceptors (Lipinski definition) is 6. The lowest BCUT2D eigenvalue weighted by Gasteiger charge is -2.36. The molecule has 9 nitrogen and oxygen atoms in total. The summed E-state index contributed by atoms with van der Waals surface area (Å²) in [6.45, 7) is 8.55. The normalized spacial score (nSPS) is 20.3. The van der Waals surface area contributed by atoms with Crippen molar-refractivity contribution in [3.63, 3.8) is 0 Å². The maximum Gasteiger partial charge on any atom is 0.407 e. The fourth-order valence-corrected chi connectivity index (χ4v) is 4.38. The predicted molar refractivity (Wildman–Crippen MR) is 113 cm³/mol. The van der Waals surface area contributed by atoms with Gasteiger partial charge in [-0.15, -0.1) is 0 Å². The van der Waals surface area contributed by atoms with Crippen LogP contribution in [-0.4, -0.2) is 56.4 Å². The maximum absolute atomic E-state index is 12.6. The van der Waals surface area contributed by atoms with Gasteiger partial charge >= 0.3 is 6.09 Å². The first kappa shape index (κ1) is 20.6. The van der Waals surface area contributed by atoms with Crippen LogP contribution >= 0.6 is 0 Å². The summed E-state index contributed by atoms with van der Waals surface area (Å²) in [5.74, 6) is 0. The number of aryl methyl sites for hydroxylation is 1. The van der Waals surface area contributed by atoms with Gasteiger partial charge in [0.25, 0.3) is 11.1 Å². The second-order valence-corrected chi connectivity index (χ2v) is 9.16. The lowest BCUT2D eigenvalue weighted by Crippen LogP contribution is -2.48. The van der Waals surface area contributed by atoms with Gasteiger partial charge in [0.05, 0.1) is 12.2 Å². The number of carbonyl (C=O) groups excluding carboxylic acids is 1. The highest BCUT2D eigenvalue weighted by molar-refractivity contribution is 5.70. The van der Waals surface area contributed by atoms with Gasteiger partial charge in [-0.05, 0) is 46.1 Å². The molecule has 0 radical (unpaired) electrons. The van der Waals surface area contributed by atoms with E-state index in [4.69, 9.17) is 4.74 Å². The van der Waals surface area contributed by atoms with Crippen LogP contribution in [0.5, 0.6) is 0 Å². The van der Waals surface area contributed by atoms with Crippen LogP contribution in [0.3, 0.4) is 0 Å². The second-order valence-electron chi connectivity index (χ2n) is 9.16. The van der Waals surface area contributed by atoms with Crippen LogP contribution in [0.4, 0.5) is 4.79 Å². The van der Waals surface area contributed by atoms with Gasteiger partial charge in [0.1, 0.15) is 16.8 Å². The van der Waals surface area contributed by atoms with Crippen molar-refractivity contribution >= 4 is 17.3 Å². The third-order valence-electron chi connectivity index (χ3n) is 5.74. The summed E-state index contributed by atoms with van der Waals surface area (Å²) in [6, 6.07) is 3.30. The Morgan fingerprint density at radius 2 is 1.87 bits per heavy atom. The average Bonchev–Trinajstić information content (AvgIpc) is 2.67. The van der Waals surface area contributed by atoms with Crippen molar-refractivity contribution in [2.24, 2.45) is 0 Å². The van der Waals surface area contributed by atoms with Gasteiger partial charge in [0, 0.05) is 38.3 Å². The van der Waals surface area contributed by atoms with E-state index in [0.717, 1.165) is 38.9 Å². The average molecular weight is 415 g/mol. The van der Waals surface area contributed by atoms with Gasteiger partial charge in [-0.3, -0.25) is 18.7 Å². The molecule has 9 heteroatoms. The van der Waals surface area contributed by atoms with Crippen molar-refractivity contribution in [2.45, 2.75) is 64.3 Å². The summed E-state index contributed by atoms with van der Waals surface area (Å²) >= 11 is 0. The van der Waals surface area contributed by atoms with E-state index in [9.17, 15) is 14.4 Å². The van der Waals surface area contributed by atoms with Crippen molar-refractivity contribution in [1.82, 2.24) is 24.3 Å². The summed E-state index contributed by atoms with van der Waals surface area (Å²) in [5, 5.41) is 2.95. The first-order valence-electron chi connectivity index (χ1n) is 10.5. The molecule has 2 aliphatic rings. The van der Waals surface area contributed by atoms with Crippen LogP contribution in [0.2, 0.25) is 0 Å². The molecule has 0 bridgehead atoms. The van der Waals surface area contributed by atoms with Crippen LogP contribution in [0, 0.1) is 0 Å². The topological polar surface area (TPSA) is 98.5 Å². The summed E-state index contributed by atoms with van der Waals surface area (Å²) in [7, 11) is 0.